The minimum absolute atomic E-state index is 0.0240. The van der Waals surface area contributed by atoms with E-state index in [-0.39, 0.29) is 23.1 Å². The molecule has 1 fully saturated rings. The molecule has 6 nitrogen and oxygen atoms in total. The number of Topliss-reactive ketones (excluding diaryl/α,β-unsaturated/α-hetero) is 1. The summed E-state index contributed by atoms with van der Waals surface area (Å²) in [6.07, 6.45) is -0.0240. The van der Waals surface area contributed by atoms with Gasteiger partial charge >= 0.3 is 0 Å². The summed E-state index contributed by atoms with van der Waals surface area (Å²) in [6, 6.07) is 17.9. The summed E-state index contributed by atoms with van der Waals surface area (Å²) in [5, 5.41) is 11.2. The predicted octanol–water partition coefficient (Wildman–Crippen LogP) is 5.25. The first kappa shape index (κ1) is 23.0. The van der Waals surface area contributed by atoms with Crippen molar-refractivity contribution < 1.29 is 28.6 Å². The van der Waals surface area contributed by atoms with Gasteiger partial charge in [0.2, 0.25) is 0 Å². The zero-order valence-corrected chi connectivity index (χ0v) is 19.0. The monoisotopic (exact) mass is 461 g/mol. The van der Waals surface area contributed by atoms with Crippen LogP contribution in [0.25, 0.3) is 5.76 Å². The molecule has 34 heavy (non-hydrogen) atoms. The normalized spacial score (nSPS) is 17.3. The van der Waals surface area contributed by atoms with Crippen molar-refractivity contribution in [3.8, 4) is 11.5 Å². The van der Waals surface area contributed by atoms with E-state index >= 15 is 0 Å². The van der Waals surface area contributed by atoms with Gasteiger partial charge in [0.15, 0.2) is 0 Å². The minimum Gasteiger partial charge on any atom is -0.507 e. The molecule has 1 aliphatic rings. The lowest BCUT2D eigenvalue weighted by atomic mass is 9.95. The summed E-state index contributed by atoms with van der Waals surface area (Å²) >= 11 is 0. The van der Waals surface area contributed by atoms with E-state index in [1.165, 1.54) is 30.2 Å². The Balaban J connectivity index is 1.88. The van der Waals surface area contributed by atoms with Crippen LogP contribution in [0.2, 0.25) is 0 Å². The fourth-order valence-electron chi connectivity index (χ4n) is 3.97. The van der Waals surface area contributed by atoms with Crippen LogP contribution in [-0.2, 0) is 9.59 Å². The molecule has 1 amide bonds. The molecule has 0 saturated carbocycles. The Bertz CT molecular complexity index is 1270. The number of aliphatic hydroxyl groups is 1. The fraction of sp³-hybridized carbons (Fsp3) is 0.185. The molecule has 1 N–H and O–H groups in total. The highest BCUT2D eigenvalue weighted by molar-refractivity contribution is 6.51. The highest BCUT2D eigenvalue weighted by Gasteiger charge is 2.47. The van der Waals surface area contributed by atoms with Crippen molar-refractivity contribution in [1.82, 2.24) is 0 Å². The van der Waals surface area contributed by atoms with Gasteiger partial charge < -0.3 is 14.6 Å². The van der Waals surface area contributed by atoms with E-state index in [9.17, 15) is 19.1 Å². The van der Waals surface area contributed by atoms with E-state index in [0.29, 0.717) is 22.6 Å². The second kappa shape index (κ2) is 9.39. The predicted molar refractivity (Wildman–Crippen MR) is 126 cm³/mol. The molecule has 174 valence electrons. The second-order valence-electron chi connectivity index (χ2n) is 8.12. The molecule has 1 aliphatic heterocycles. The summed E-state index contributed by atoms with van der Waals surface area (Å²) in [6.45, 7) is 3.80. The molecule has 0 radical (unpaired) electrons. The number of ether oxygens (including phenoxy) is 2. The van der Waals surface area contributed by atoms with Gasteiger partial charge in [0.1, 0.15) is 23.1 Å². The van der Waals surface area contributed by atoms with Crippen molar-refractivity contribution >= 4 is 23.1 Å². The molecular weight excluding hydrogens is 437 g/mol. The van der Waals surface area contributed by atoms with Crippen LogP contribution < -0.4 is 14.4 Å². The van der Waals surface area contributed by atoms with Gasteiger partial charge in [0, 0.05) is 11.3 Å². The smallest absolute Gasteiger partial charge is 0.300 e. The standard InChI is InChI=1S/C27H24FNO5/c1-16(2)34-21-12-10-17(11-13-21)25(30)23-24(18-6-4-9-22(14-18)33-3)29(27(32)26(23)31)20-8-5-7-19(28)15-20/h4-16,24,30H,1-3H3/b25-23+. The molecule has 4 rings (SSSR count). The second-order valence-corrected chi connectivity index (χ2v) is 8.12. The average molecular weight is 461 g/mol. The third-order valence-electron chi connectivity index (χ3n) is 5.44. The Morgan fingerprint density at radius 1 is 0.971 bits per heavy atom. The van der Waals surface area contributed by atoms with Gasteiger partial charge in [0.25, 0.3) is 11.7 Å². The molecule has 0 aromatic heterocycles. The summed E-state index contributed by atoms with van der Waals surface area (Å²) in [5.74, 6) is -1.49. The molecule has 1 atom stereocenters. The summed E-state index contributed by atoms with van der Waals surface area (Å²) < 4.78 is 25.0. The molecule has 1 heterocycles. The molecule has 1 unspecified atom stereocenters. The first-order valence-corrected chi connectivity index (χ1v) is 10.8. The summed E-state index contributed by atoms with van der Waals surface area (Å²) in [4.78, 5) is 27.5. The van der Waals surface area contributed by atoms with E-state index in [1.807, 2.05) is 13.8 Å². The number of benzene rings is 3. The maximum atomic E-state index is 14.0. The van der Waals surface area contributed by atoms with Crippen LogP contribution in [0.5, 0.6) is 11.5 Å². The first-order valence-electron chi connectivity index (χ1n) is 10.8. The van der Waals surface area contributed by atoms with E-state index < -0.39 is 23.5 Å². The molecule has 0 bridgehead atoms. The zero-order chi connectivity index (χ0) is 24.4. The lowest BCUT2D eigenvalue weighted by Crippen LogP contribution is -2.29. The average Bonchev–Trinajstić information content (AvgIpc) is 3.09. The van der Waals surface area contributed by atoms with Crippen LogP contribution in [0.4, 0.5) is 10.1 Å². The molecule has 3 aromatic rings. The van der Waals surface area contributed by atoms with Crippen LogP contribution >= 0.6 is 0 Å². The number of rotatable bonds is 6. The van der Waals surface area contributed by atoms with Gasteiger partial charge in [-0.25, -0.2) is 4.39 Å². The van der Waals surface area contributed by atoms with E-state index in [0.717, 1.165) is 0 Å². The number of carbonyl (C=O) groups is 2. The van der Waals surface area contributed by atoms with Gasteiger partial charge in [-0.1, -0.05) is 18.2 Å². The maximum Gasteiger partial charge on any atom is 0.300 e. The Kier molecular flexibility index (Phi) is 6.36. The minimum atomic E-state index is -0.983. The third-order valence-corrected chi connectivity index (χ3v) is 5.44. The van der Waals surface area contributed by atoms with Gasteiger partial charge in [-0.3, -0.25) is 14.5 Å². The van der Waals surface area contributed by atoms with Gasteiger partial charge in [-0.05, 0) is 74.0 Å². The topological polar surface area (TPSA) is 76.1 Å². The number of anilines is 1. The van der Waals surface area contributed by atoms with Crippen LogP contribution in [0, 0.1) is 5.82 Å². The first-order chi connectivity index (χ1) is 16.3. The number of ketones is 1. The molecule has 7 heteroatoms. The zero-order valence-electron chi connectivity index (χ0n) is 19.0. The number of carbonyl (C=O) groups excluding carboxylic acids is 2. The Labute approximate surface area is 196 Å². The fourth-order valence-corrected chi connectivity index (χ4v) is 3.97. The Morgan fingerprint density at radius 3 is 2.32 bits per heavy atom. The van der Waals surface area contributed by atoms with Crippen LogP contribution in [0.1, 0.15) is 31.0 Å². The Hall–Kier alpha value is -4.13. The Morgan fingerprint density at radius 2 is 1.68 bits per heavy atom. The number of aliphatic hydroxyl groups excluding tert-OH is 1. The molecular formula is C27H24FNO5. The molecule has 1 saturated heterocycles. The van der Waals surface area contributed by atoms with Crippen molar-refractivity contribution in [3.05, 3.63) is 95.3 Å². The van der Waals surface area contributed by atoms with Crippen LogP contribution in [-0.4, -0.2) is 30.0 Å². The molecule has 0 spiro atoms. The lowest BCUT2D eigenvalue weighted by Gasteiger charge is -2.25. The van der Waals surface area contributed by atoms with Crippen molar-refractivity contribution in [2.75, 3.05) is 12.0 Å². The van der Waals surface area contributed by atoms with Crippen molar-refractivity contribution in [1.29, 1.82) is 0 Å². The SMILES string of the molecule is COc1cccc(C2/C(=C(\O)c3ccc(OC(C)C)cc3)C(=O)C(=O)N2c2cccc(F)c2)c1. The van der Waals surface area contributed by atoms with Crippen molar-refractivity contribution in [3.63, 3.8) is 0 Å². The van der Waals surface area contributed by atoms with Crippen molar-refractivity contribution in [2.45, 2.75) is 26.0 Å². The highest BCUT2D eigenvalue weighted by atomic mass is 19.1. The van der Waals surface area contributed by atoms with E-state index in [1.54, 1.807) is 54.6 Å². The van der Waals surface area contributed by atoms with Gasteiger partial charge in [-0.2, -0.15) is 0 Å². The maximum absolute atomic E-state index is 14.0. The van der Waals surface area contributed by atoms with Crippen LogP contribution in [0.15, 0.2) is 78.4 Å². The lowest BCUT2D eigenvalue weighted by molar-refractivity contribution is -0.132. The molecule has 3 aromatic carbocycles. The highest BCUT2D eigenvalue weighted by Crippen LogP contribution is 2.43. The van der Waals surface area contributed by atoms with Gasteiger partial charge in [-0.15, -0.1) is 0 Å². The number of methoxy groups -OCH3 is 1. The number of amides is 1. The van der Waals surface area contributed by atoms with Crippen LogP contribution in [0.3, 0.4) is 0 Å². The number of halogens is 1. The number of hydrogen-bond acceptors (Lipinski definition) is 5. The number of hydrogen-bond donors (Lipinski definition) is 1. The summed E-state index contributed by atoms with van der Waals surface area (Å²) in [5.41, 5.74) is 0.986. The van der Waals surface area contributed by atoms with Gasteiger partial charge in [0.05, 0.1) is 24.8 Å². The number of nitrogens with zero attached hydrogens (tertiary/aromatic N) is 1. The van der Waals surface area contributed by atoms with E-state index in [2.05, 4.69) is 0 Å². The summed E-state index contributed by atoms with van der Waals surface area (Å²) in [7, 11) is 1.50. The largest absolute Gasteiger partial charge is 0.507 e. The third kappa shape index (κ3) is 4.37. The molecule has 0 aliphatic carbocycles. The van der Waals surface area contributed by atoms with Crippen molar-refractivity contribution in [2.24, 2.45) is 0 Å². The quantitative estimate of drug-likeness (QED) is 0.308. The van der Waals surface area contributed by atoms with E-state index in [4.69, 9.17) is 9.47 Å².